The maximum absolute atomic E-state index is 12.1. The van der Waals surface area contributed by atoms with Crippen molar-refractivity contribution >= 4 is 17.7 Å². The van der Waals surface area contributed by atoms with Gasteiger partial charge in [-0.15, -0.1) is 0 Å². The minimum Gasteiger partial charge on any atom is -0.454 e. The second-order valence-electron chi connectivity index (χ2n) is 7.36. The number of nitrogens with one attached hydrogen (secondary N) is 1. The lowest BCUT2D eigenvalue weighted by molar-refractivity contribution is -0.125. The Morgan fingerprint density at radius 1 is 1.12 bits per heavy atom. The minimum atomic E-state index is -0.528. The summed E-state index contributed by atoms with van der Waals surface area (Å²) in [5.74, 6) is -0.757. The molecule has 24 heavy (non-hydrogen) atoms. The Morgan fingerprint density at radius 3 is 2.21 bits per heavy atom. The molecule has 1 N–H and O–H groups in total. The van der Waals surface area contributed by atoms with Crippen LogP contribution in [0, 0.1) is 11.3 Å². The van der Waals surface area contributed by atoms with Crippen molar-refractivity contribution in [3.05, 3.63) is 35.4 Å². The van der Waals surface area contributed by atoms with Crippen LogP contribution < -0.4 is 5.32 Å². The molecule has 1 atom stereocenters. The first-order valence-corrected chi connectivity index (χ1v) is 8.12. The minimum absolute atomic E-state index is 0.0230. The highest BCUT2D eigenvalue weighted by atomic mass is 16.5. The van der Waals surface area contributed by atoms with E-state index in [1.807, 2.05) is 6.92 Å². The van der Waals surface area contributed by atoms with Crippen LogP contribution in [-0.4, -0.2) is 24.3 Å². The van der Waals surface area contributed by atoms with Gasteiger partial charge in [0, 0.05) is 12.5 Å². The lowest BCUT2D eigenvalue weighted by atomic mass is 9.85. The van der Waals surface area contributed by atoms with Crippen LogP contribution in [0.15, 0.2) is 24.3 Å². The van der Waals surface area contributed by atoms with Crippen molar-refractivity contribution in [2.75, 3.05) is 6.61 Å². The molecule has 0 bridgehead atoms. The number of ether oxygens (including phenoxy) is 1. The molecule has 0 radical (unpaired) electrons. The Balaban J connectivity index is 2.51. The number of ketones is 1. The SMILES string of the molecule is CC(=O)COC(=O)c1ccc(CNC(=O)C(C)CC(C)(C)C)cc1. The average Bonchev–Trinajstić information content (AvgIpc) is 2.49. The lowest BCUT2D eigenvalue weighted by Gasteiger charge is -2.22. The van der Waals surface area contributed by atoms with Crippen molar-refractivity contribution in [2.45, 2.75) is 47.6 Å². The predicted octanol–water partition coefficient (Wildman–Crippen LogP) is 3.12. The van der Waals surface area contributed by atoms with Gasteiger partial charge in [0.25, 0.3) is 0 Å². The molecule has 0 saturated carbocycles. The lowest BCUT2D eigenvalue weighted by Crippen LogP contribution is -2.31. The number of carbonyl (C=O) groups is 3. The Morgan fingerprint density at radius 2 is 1.71 bits per heavy atom. The van der Waals surface area contributed by atoms with Crippen LogP contribution >= 0.6 is 0 Å². The fraction of sp³-hybridized carbons (Fsp3) is 0.526. The summed E-state index contributed by atoms with van der Waals surface area (Å²) in [6, 6.07) is 6.78. The molecule has 0 spiro atoms. The summed E-state index contributed by atoms with van der Waals surface area (Å²) in [7, 11) is 0. The van der Waals surface area contributed by atoms with Crippen molar-refractivity contribution in [1.29, 1.82) is 0 Å². The topological polar surface area (TPSA) is 72.5 Å². The van der Waals surface area contributed by atoms with Gasteiger partial charge < -0.3 is 10.1 Å². The second-order valence-corrected chi connectivity index (χ2v) is 7.36. The number of Topliss-reactive ketones (excluding diaryl/α,β-unsaturated/α-hetero) is 1. The maximum Gasteiger partial charge on any atom is 0.338 e. The van der Waals surface area contributed by atoms with Gasteiger partial charge >= 0.3 is 5.97 Å². The van der Waals surface area contributed by atoms with Crippen LogP contribution in [0.3, 0.4) is 0 Å². The highest BCUT2D eigenvalue weighted by Gasteiger charge is 2.20. The molecule has 0 saturated heterocycles. The number of rotatable bonds is 7. The zero-order chi connectivity index (χ0) is 18.3. The van der Waals surface area contributed by atoms with Crippen molar-refractivity contribution < 1.29 is 19.1 Å². The third kappa shape index (κ3) is 7.40. The normalized spacial score (nSPS) is 12.4. The largest absolute Gasteiger partial charge is 0.454 e. The number of carbonyl (C=O) groups excluding carboxylic acids is 3. The van der Waals surface area contributed by atoms with E-state index in [-0.39, 0.29) is 29.6 Å². The van der Waals surface area contributed by atoms with Crippen molar-refractivity contribution in [3.63, 3.8) is 0 Å². The molecule has 0 heterocycles. The van der Waals surface area contributed by atoms with Gasteiger partial charge in [-0.25, -0.2) is 4.79 Å². The molecule has 1 aromatic carbocycles. The number of esters is 1. The number of benzene rings is 1. The van der Waals surface area contributed by atoms with Crippen LogP contribution in [0.2, 0.25) is 0 Å². The summed E-state index contributed by atoms with van der Waals surface area (Å²) >= 11 is 0. The molecule has 1 aromatic rings. The Kier molecular flexibility index (Phi) is 7.14. The predicted molar refractivity (Wildman–Crippen MR) is 92.5 cm³/mol. The maximum atomic E-state index is 12.1. The monoisotopic (exact) mass is 333 g/mol. The molecule has 5 heteroatoms. The van der Waals surface area contributed by atoms with E-state index in [2.05, 4.69) is 26.1 Å². The van der Waals surface area contributed by atoms with Crippen LogP contribution in [0.4, 0.5) is 0 Å². The summed E-state index contributed by atoms with van der Waals surface area (Å²) in [6.45, 7) is 9.81. The van der Waals surface area contributed by atoms with E-state index >= 15 is 0 Å². The molecule has 1 rings (SSSR count). The Hall–Kier alpha value is -2.17. The highest BCUT2D eigenvalue weighted by molar-refractivity contribution is 5.91. The van der Waals surface area contributed by atoms with E-state index in [9.17, 15) is 14.4 Å². The average molecular weight is 333 g/mol. The van der Waals surface area contributed by atoms with Gasteiger partial charge in [0.05, 0.1) is 5.56 Å². The van der Waals surface area contributed by atoms with Gasteiger partial charge in [0.15, 0.2) is 5.78 Å². The van der Waals surface area contributed by atoms with E-state index in [0.717, 1.165) is 12.0 Å². The van der Waals surface area contributed by atoms with E-state index in [1.165, 1.54) is 6.92 Å². The van der Waals surface area contributed by atoms with Crippen molar-refractivity contribution in [2.24, 2.45) is 11.3 Å². The fourth-order valence-corrected chi connectivity index (χ4v) is 2.38. The molecule has 0 aliphatic heterocycles. The van der Waals surface area contributed by atoms with Gasteiger partial charge in [-0.2, -0.15) is 0 Å². The van der Waals surface area contributed by atoms with E-state index < -0.39 is 5.97 Å². The standard InChI is InChI=1S/C19H27NO4/c1-13(10-19(3,4)5)17(22)20-11-15-6-8-16(9-7-15)18(23)24-12-14(2)21/h6-9,13H,10-12H2,1-5H3,(H,20,22). The number of amides is 1. The van der Waals surface area contributed by atoms with E-state index in [1.54, 1.807) is 24.3 Å². The second kappa shape index (κ2) is 8.62. The van der Waals surface area contributed by atoms with Gasteiger partial charge in [0.2, 0.25) is 5.91 Å². The van der Waals surface area contributed by atoms with Crippen molar-refractivity contribution in [1.82, 2.24) is 5.32 Å². The van der Waals surface area contributed by atoms with Gasteiger partial charge in [-0.3, -0.25) is 9.59 Å². The quantitative estimate of drug-likeness (QED) is 0.778. The van der Waals surface area contributed by atoms with E-state index in [0.29, 0.717) is 12.1 Å². The van der Waals surface area contributed by atoms with E-state index in [4.69, 9.17) is 4.74 Å². The van der Waals surface area contributed by atoms with Gasteiger partial charge in [-0.05, 0) is 36.5 Å². The molecule has 5 nitrogen and oxygen atoms in total. The zero-order valence-corrected chi connectivity index (χ0v) is 15.1. The molecular weight excluding hydrogens is 306 g/mol. The molecule has 0 aromatic heterocycles. The third-order valence-electron chi connectivity index (χ3n) is 3.43. The van der Waals surface area contributed by atoms with Gasteiger partial charge in [-0.1, -0.05) is 39.8 Å². The molecule has 0 aliphatic carbocycles. The summed E-state index contributed by atoms with van der Waals surface area (Å²) in [5, 5.41) is 2.91. The van der Waals surface area contributed by atoms with Crippen LogP contribution in [0.25, 0.3) is 0 Å². The first-order chi connectivity index (χ1) is 11.1. The molecular formula is C19H27NO4. The van der Waals surface area contributed by atoms with Crippen LogP contribution in [0.1, 0.15) is 57.0 Å². The van der Waals surface area contributed by atoms with Crippen LogP contribution in [-0.2, 0) is 20.9 Å². The highest BCUT2D eigenvalue weighted by Crippen LogP contribution is 2.24. The van der Waals surface area contributed by atoms with Crippen LogP contribution in [0.5, 0.6) is 0 Å². The Bertz CT molecular complexity index is 584. The number of hydrogen-bond acceptors (Lipinski definition) is 4. The summed E-state index contributed by atoms with van der Waals surface area (Å²) in [4.78, 5) is 34.6. The molecule has 132 valence electrons. The summed E-state index contributed by atoms with van der Waals surface area (Å²) in [5.41, 5.74) is 1.39. The molecule has 1 unspecified atom stereocenters. The number of hydrogen-bond donors (Lipinski definition) is 1. The summed E-state index contributed by atoms with van der Waals surface area (Å²) < 4.78 is 4.85. The Labute approximate surface area is 143 Å². The fourth-order valence-electron chi connectivity index (χ4n) is 2.38. The third-order valence-corrected chi connectivity index (χ3v) is 3.43. The molecule has 0 aliphatic rings. The molecule has 0 fully saturated rings. The van der Waals surface area contributed by atoms with Gasteiger partial charge in [0.1, 0.15) is 6.61 Å². The first kappa shape index (κ1) is 19.9. The first-order valence-electron chi connectivity index (χ1n) is 8.12. The molecule has 1 amide bonds. The smallest absolute Gasteiger partial charge is 0.338 e. The van der Waals surface area contributed by atoms with Crippen molar-refractivity contribution in [3.8, 4) is 0 Å². The zero-order valence-electron chi connectivity index (χ0n) is 15.1. The summed E-state index contributed by atoms with van der Waals surface area (Å²) in [6.07, 6.45) is 0.819.